The summed E-state index contributed by atoms with van der Waals surface area (Å²) in [5.74, 6) is -0.247. The van der Waals surface area contributed by atoms with E-state index < -0.39 is 5.82 Å². The number of carbonyl (C=O) groups is 1. The molecule has 0 bridgehead atoms. The van der Waals surface area contributed by atoms with Crippen LogP contribution in [-0.4, -0.2) is 22.2 Å². The number of benzene rings is 1. The highest BCUT2D eigenvalue weighted by molar-refractivity contribution is 6.07. The first-order valence-electron chi connectivity index (χ1n) is 6.45. The zero-order chi connectivity index (χ0) is 14.5. The number of hydrogen-bond acceptors (Lipinski definition) is 3. The largest absolute Gasteiger partial charge is 0.382 e. The number of anilines is 2. The van der Waals surface area contributed by atoms with E-state index in [4.69, 9.17) is 0 Å². The number of hydrogen-bond donors (Lipinski definition) is 2. The summed E-state index contributed by atoms with van der Waals surface area (Å²) in [4.78, 5) is 12.2. The summed E-state index contributed by atoms with van der Waals surface area (Å²) in [5.41, 5.74) is 0.508. The molecule has 0 aliphatic carbocycles. The third-order valence-corrected chi connectivity index (χ3v) is 2.87. The van der Waals surface area contributed by atoms with Crippen LogP contribution in [-0.2, 0) is 7.05 Å². The number of para-hydroxylation sites is 1. The molecule has 20 heavy (non-hydrogen) atoms. The predicted octanol–water partition coefficient (Wildman–Crippen LogP) is 2.63. The Labute approximate surface area is 116 Å². The lowest BCUT2D eigenvalue weighted by Gasteiger charge is -2.12. The van der Waals surface area contributed by atoms with Gasteiger partial charge in [-0.1, -0.05) is 13.0 Å². The van der Waals surface area contributed by atoms with Gasteiger partial charge < -0.3 is 10.6 Å². The number of amides is 1. The smallest absolute Gasteiger partial charge is 0.259 e. The van der Waals surface area contributed by atoms with Crippen LogP contribution in [0.15, 0.2) is 30.5 Å². The lowest BCUT2D eigenvalue weighted by molar-refractivity contribution is 0.102. The molecule has 1 aromatic heterocycles. The monoisotopic (exact) mass is 276 g/mol. The van der Waals surface area contributed by atoms with Crippen molar-refractivity contribution in [1.29, 1.82) is 0 Å². The zero-order valence-electron chi connectivity index (χ0n) is 11.5. The minimum Gasteiger partial charge on any atom is -0.382 e. The van der Waals surface area contributed by atoms with Crippen LogP contribution in [0, 0.1) is 5.82 Å². The molecular weight excluding hydrogens is 259 g/mol. The van der Waals surface area contributed by atoms with Crippen molar-refractivity contribution in [2.75, 3.05) is 17.2 Å². The van der Waals surface area contributed by atoms with Crippen LogP contribution >= 0.6 is 0 Å². The van der Waals surface area contributed by atoms with E-state index in [0.29, 0.717) is 12.4 Å². The Kier molecular flexibility index (Phi) is 4.34. The van der Waals surface area contributed by atoms with Crippen molar-refractivity contribution < 1.29 is 9.18 Å². The maximum atomic E-state index is 13.8. The van der Waals surface area contributed by atoms with Gasteiger partial charge in [0.2, 0.25) is 0 Å². The number of rotatable bonds is 5. The lowest BCUT2D eigenvalue weighted by atomic mass is 10.1. The van der Waals surface area contributed by atoms with Gasteiger partial charge in [0.1, 0.15) is 11.6 Å². The fourth-order valence-electron chi connectivity index (χ4n) is 1.82. The van der Waals surface area contributed by atoms with E-state index in [0.717, 1.165) is 6.42 Å². The number of aryl methyl sites for hydroxylation is 1. The predicted molar refractivity (Wildman–Crippen MR) is 76.3 cm³/mol. The molecule has 2 rings (SSSR count). The van der Waals surface area contributed by atoms with Crippen molar-refractivity contribution in [2.45, 2.75) is 13.3 Å². The molecule has 1 aromatic carbocycles. The Morgan fingerprint density at radius 2 is 2.20 bits per heavy atom. The van der Waals surface area contributed by atoms with Crippen molar-refractivity contribution in [3.63, 3.8) is 0 Å². The number of aromatic nitrogens is 2. The molecule has 0 fully saturated rings. The molecule has 0 unspecified atom stereocenters. The summed E-state index contributed by atoms with van der Waals surface area (Å²) < 4.78 is 15.4. The Hall–Kier alpha value is -2.37. The standard InChI is InChI=1S/C14H17FN4O/c1-3-8-16-13-10(5-4-6-11(13)15)14(20)18-12-7-9-17-19(12)2/h4-7,9,16H,3,8H2,1-2H3,(H,18,20). The maximum absolute atomic E-state index is 13.8. The molecule has 0 saturated carbocycles. The normalized spacial score (nSPS) is 10.3. The van der Waals surface area contributed by atoms with Gasteiger partial charge in [-0.2, -0.15) is 5.10 Å². The summed E-state index contributed by atoms with van der Waals surface area (Å²) in [7, 11) is 1.72. The van der Waals surface area contributed by atoms with Gasteiger partial charge in [-0.05, 0) is 18.6 Å². The van der Waals surface area contributed by atoms with Crippen molar-refractivity contribution in [3.8, 4) is 0 Å². The molecular formula is C14H17FN4O. The van der Waals surface area contributed by atoms with Gasteiger partial charge in [-0.25, -0.2) is 4.39 Å². The first-order chi connectivity index (χ1) is 9.63. The summed E-state index contributed by atoms with van der Waals surface area (Å²) >= 11 is 0. The van der Waals surface area contributed by atoms with Crippen molar-refractivity contribution >= 4 is 17.4 Å². The first-order valence-corrected chi connectivity index (χ1v) is 6.45. The van der Waals surface area contributed by atoms with Gasteiger partial charge in [0.15, 0.2) is 0 Å². The van der Waals surface area contributed by atoms with E-state index in [9.17, 15) is 9.18 Å². The van der Waals surface area contributed by atoms with Gasteiger partial charge in [-0.3, -0.25) is 9.48 Å². The summed E-state index contributed by atoms with van der Waals surface area (Å²) in [6, 6.07) is 6.12. The molecule has 0 atom stereocenters. The van der Waals surface area contributed by atoms with Gasteiger partial charge in [-0.15, -0.1) is 0 Å². The average Bonchev–Trinajstić information content (AvgIpc) is 2.82. The third kappa shape index (κ3) is 2.96. The first kappa shape index (κ1) is 14.0. The highest BCUT2D eigenvalue weighted by Crippen LogP contribution is 2.21. The molecule has 106 valence electrons. The average molecular weight is 276 g/mol. The van der Waals surface area contributed by atoms with E-state index in [1.807, 2.05) is 6.92 Å². The molecule has 1 heterocycles. The van der Waals surface area contributed by atoms with Gasteiger partial charge in [0, 0.05) is 19.7 Å². The number of nitrogens with zero attached hydrogens (tertiary/aromatic N) is 2. The molecule has 5 nitrogen and oxygen atoms in total. The van der Waals surface area contributed by atoms with Crippen molar-refractivity contribution in [1.82, 2.24) is 9.78 Å². The maximum Gasteiger partial charge on any atom is 0.259 e. The Morgan fingerprint density at radius 1 is 1.40 bits per heavy atom. The minimum atomic E-state index is -0.434. The summed E-state index contributed by atoms with van der Waals surface area (Å²) in [5, 5.41) is 9.62. The van der Waals surface area contributed by atoms with E-state index >= 15 is 0 Å². The second-order valence-corrected chi connectivity index (χ2v) is 4.38. The van der Waals surface area contributed by atoms with Crippen LogP contribution in [0.5, 0.6) is 0 Å². The molecule has 0 saturated heterocycles. The molecule has 0 spiro atoms. The van der Waals surface area contributed by atoms with Crippen LogP contribution in [0.25, 0.3) is 0 Å². The van der Waals surface area contributed by atoms with Crippen LogP contribution in [0.2, 0.25) is 0 Å². The van der Waals surface area contributed by atoms with Crippen molar-refractivity contribution in [2.24, 2.45) is 7.05 Å². The topological polar surface area (TPSA) is 59.0 Å². The second-order valence-electron chi connectivity index (χ2n) is 4.38. The zero-order valence-corrected chi connectivity index (χ0v) is 11.5. The van der Waals surface area contributed by atoms with Crippen LogP contribution in [0.1, 0.15) is 23.7 Å². The molecule has 1 amide bonds. The van der Waals surface area contributed by atoms with E-state index in [1.54, 1.807) is 25.4 Å². The molecule has 2 N–H and O–H groups in total. The van der Waals surface area contributed by atoms with E-state index in [1.165, 1.54) is 16.8 Å². The van der Waals surface area contributed by atoms with Crippen LogP contribution in [0.4, 0.5) is 15.9 Å². The second kappa shape index (κ2) is 6.18. The van der Waals surface area contributed by atoms with Crippen LogP contribution < -0.4 is 10.6 Å². The highest BCUT2D eigenvalue weighted by Gasteiger charge is 2.15. The fraction of sp³-hybridized carbons (Fsp3) is 0.286. The molecule has 2 aromatic rings. The van der Waals surface area contributed by atoms with Gasteiger partial charge >= 0.3 is 0 Å². The molecule has 0 radical (unpaired) electrons. The lowest BCUT2D eigenvalue weighted by Crippen LogP contribution is -2.17. The van der Waals surface area contributed by atoms with E-state index in [2.05, 4.69) is 15.7 Å². The third-order valence-electron chi connectivity index (χ3n) is 2.87. The fourth-order valence-corrected chi connectivity index (χ4v) is 1.82. The number of carbonyl (C=O) groups excluding carboxylic acids is 1. The number of nitrogens with one attached hydrogen (secondary N) is 2. The van der Waals surface area contributed by atoms with E-state index in [-0.39, 0.29) is 17.2 Å². The Morgan fingerprint density at radius 3 is 2.85 bits per heavy atom. The van der Waals surface area contributed by atoms with Gasteiger partial charge in [0.25, 0.3) is 5.91 Å². The van der Waals surface area contributed by atoms with Gasteiger partial charge in [0.05, 0.1) is 17.4 Å². The quantitative estimate of drug-likeness (QED) is 0.882. The Bertz CT molecular complexity index is 609. The number of halogens is 1. The minimum absolute atomic E-state index is 0.231. The molecule has 6 heteroatoms. The molecule has 0 aliphatic heterocycles. The molecule has 0 aliphatic rings. The van der Waals surface area contributed by atoms with Crippen molar-refractivity contribution in [3.05, 3.63) is 41.8 Å². The van der Waals surface area contributed by atoms with Crippen LogP contribution in [0.3, 0.4) is 0 Å². The SMILES string of the molecule is CCCNc1c(F)cccc1C(=O)Nc1ccnn1C. The Balaban J connectivity index is 2.25. The summed E-state index contributed by atoms with van der Waals surface area (Å²) in [6.45, 7) is 2.58. The summed E-state index contributed by atoms with van der Waals surface area (Å²) in [6.07, 6.45) is 2.43. The highest BCUT2D eigenvalue weighted by atomic mass is 19.1.